The summed E-state index contributed by atoms with van der Waals surface area (Å²) in [6.45, 7) is 0. The van der Waals surface area contributed by atoms with Crippen LogP contribution in [0.15, 0.2) is 41.2 Å². The number of nitrogens with zero attached hydrogens (tertiary/aromatic N) is 3. The maximum absolute atomic E-state index is 13.0. The minimum absolute atomic E-state index is 0.0935. The molecule has 0 aliphatic rings. The number of fused-ring (bicyclic) bond motifs is 1. The van der Waals surface area contributed by atoms with Gasteiger partial charge in [0.1, 0.15) is 28.5 Å². The Hall–Kier alpha value is -4.54. The molecule has 0 aliphatic carbocycles. The fourth-order valence-corrected chi connectivity index (χ4v) is 3.47. The normalized spacial score (nSPS) is 10.8. The van der Waals surface area contributed by atoms with Gasteiger partial charge in [-0.05, 0) is 30.3 Å². The first-order valence-corrected chi connectivity index (χ1v) is 9.69. The van der Waals surface area contributed by atoms with E-state index in [0.717, 1.165) is 0 Å². The highest BCUT2D eigenvalue weighted by Crippen LogP contribution is 2.34. The number of methoxy groups -OCH3 is 4. The number of aromatic amines is 1. The Morgan fingerprint density at radius 3 is 2.21 bits per heavy atom. The van der Waals surface area contributed by atoms with Crippen LogP contribution in [0.3, 0.4) is 0 Å². The molecule has 2 heterocycles. The summed E-state index contributed by atoms with van der Waals surface area (Å²) >= 11 is 0. The van der Waals surface area contributed by atoms with E-state index in [1.807, 2.05) is 0 Å². The van der Waals surface area contributed by atoms with Crippen molar-refractivity contribution in [3.63, 3.8) is 0 Å². The number of nitrogens with two attached hydrogens (primary N) is 1. The number of carbonyl (C=O) groups is 1. The van der Waals surface area contributed by atoms with Crippen LogP contribution in [-0.2, 0) is 0 Å². The molecule has 0 fully saturated rings. The van der Waals surface area contributed by atoms with Crippen LogP contribution >= 0.6 is 0 Å². The van der Waals surface area contributed by atoms with Gasteiger partial charge in [0.05, 0.1) is 39.7 Å². The van der Waals surface area contributed by atoms with Gasteiger partial charge in [-0.15, -0.1) is 0 Å². The quantitative estimate of drug-likeness (QED) is 0.434. The molecule has 0 radical (unpaired) electrons. The smallest absolute Gasteiger partial charge is 0.332 e. The van der Waals surface area contributed by atoms with Crippen molar-refractivity contribution in [2.75, 3.05) is 28.4 Å². The van der Waals surface area contributed by atoms with E-state index in [2.05, 4.69) is 15.0 Å². The van der Waals surface area contributed by atoms with Gasteiger partial charge < -0.3 is 29.7 Å². The topological polar surface area (TPSA) is 144 Å². The second-order valence-electron chi connectivity index (χ2n) is 6.83. The third-order valence-electron chi connectivity index (χ3n) is 5.05. The lowest BCUT2D eigenvalue weighted by Gasteiger charge is -2.13. The zero-order chi connectivity index (χ0) is 23.7. The Labute approximate surface area is 187 Å². The van der Waals surface area contributed by atoms with Crippen LogP contribution in [0.4, 0.5) is 0 Å². The van der Waals surface area contributed by atoms with Gasteiger partial charge in [0.2, 0.25) is 0 Å². The lowest BCUT2D eigenvalue weighted by atomic mass is 10.1. The number of imidazole rings is 1. The number of aromatic nitrogens is 4. The van der Waals surface area contributed by atoms with E-state index < -0.39 is 11.6 Å². The molecule has 1 amide bonds. The Morgan fingerprint density at radius 1 is 0.909 bits per heavy atom. The molecule has 0 saturated carbocycles. The number of nitrogens with one attached hydrogen (secondary N) is 1. The van der Waals surface area contributed by atoms with Crippen LogP contribution < -0.4 is 30.4 Å². The average molecular weight is 451 g/mol. The molecule has 11 nitrogen and oxygen atoms in total. The second kappa shape index (κ2) is 8.54. The molecule has 2 aromatic heterocycles. The van der Waals surface area contributed by atoms with E-state index in [4.69, 9.17) is 24.7 Å². The predicted octanol–water partition coefficient (Wildman–Crippen LogP) is 1.91. The molecule has 0 spiro atoms. The molecular formula is C22H21N5O6. The van der Waals surface area contributed by atoms with E-state index in [9.17, 15) is 9.59 Å². The van der Waals surface area contributed by atoms with Crippen molar-refractivity contribution in [3.8, 4) is 40.1 Å². The van der Waals surface area contributed by atoms with Crippen LogP contribution in [0.2, 0.25) is 0 Å². The van der Waals surface area contributed by atoms with Gasteiger partial charge in [0.25, 0.3) is 5.91 Å². The number of benzene rings is 2. The van der Waals surface area contributed by atoms with Crippen LogP contribution in [-0.4, -0.2) is 53.9 Å². The first kappa shape index (κ1) is 21.7. The number of amides is 1. The summed E-state index contributed by atoms with van der Waals surface area (Å²) in [7, 11) is 6.00. The van der Waals surface area contributed by atoms with Gasteiger partial charge in [0.15, 0.2) is 17.2 Å². The molecule has 0 aliphatic heterocycles. The van der Waals surface area contributed by atoms with Crippen molar-refractivity contribution in [2.45, 2.75) is 0 Å². The van der Waals surface area contributed by atoms with Gasteiger partial charge >= 0.3 is 5.69 Å². The molecule has 11 heteroatoms. The molecule has 2 aromatic carbocycles. The third kappa shape index (κ3) is 3.69. The molecule has 0 bridgehead atoms. The van der Waals surface area contributed by atoms with E-state index in [1.165, 1.54) is 33.0 Å². The zero-order valence-electron chi connectivity index (χ0n) is 18.3. The van der Waals surface area contributed by atoms with Crippen molar-refractivity contribution in [1.29, 1.82) is 0 Å². The van der Waals surface area contributed by atoms with Gasteiger partial charge in [-0.1, -0.05) is 0 Å². The fourth-order valence-electron chi connectivity index (χ4n) is 3.47. The van der Waals surface area contributed by atoms with Crippen LogP contribution in [0.5, 0.6) is 23.0 Å². The highest BCUT2D eigenvalue weighted by atomic mass is 16.5. The molecule has 3 N–H and O–H groups in total. The Bertz CT molecular complexity index is 1430. The Morgan fingerprint density at radius 2 is 1.58 bits per heavy atom. The molecular weight excluding hydrogens is 430 g/mol. The zero-order valence-corrected chi connectivity index (χ0v) is 18.3. The predicted molar refractivity (Wildman–Crippen MR) is 120 cm³/mol. The minimum atomic E-state index is -0.833. The van der Waals surface area contributed by atoms with Crippen molar-refractivity contribution in [1.82, 2.24) is 19.5 Å². The monoisotopic (exact) mass is 451 g/mol. The highest BCUT2D eigenvalue weighted by Gasteiger charge is 2.23. The Kier molecular flexibility index (Phi) is 5.61. The first-order valence-electron chi connectivity index (χ1n) is 9.69. The average Bonchev–Trinajstić information content (AvgIpc) is 3.17. The van der Waals surface area contributed by atoms with Gasteiger partial charge in [-0.2, -0.15) is 0 Å². The summed E-state index contributed by atoms with van der Waals surface area (Å²) < 4.78 is 22.7. The molecule has 0 saturated heterocycles. The van der Waals surface area contributed by atoms with Crippen molar-refractivity contribution >= 4 is 17.1 Å². The lowest BCUT2D eigenvalue weighted by Crippen LogP contribution is -2.16. The molecule has 0 unspecified atom stereocenters. The van der Waals surface area contributed by atoms with E-state index in [1.54, 1.807) is 36.4 Å². The summed E-state index contributed by atoms with van der Waals surface area (Å²) in [6, 6.07) is 10.00. The van der Waals surface area contributed by atoms with Gasteiger partial charge in [-0.3, -0.25) is 4.79 Å². The maximum atomic E-state index is 13.0. The number of carbonyl (C=O) groups excluding carboxylic acids is 1. The molecule has 0 atom stereocenters. The third-order valence-corrected chi connectivity index (χ3v) is 5.05. The SMILES string of the molecule is COc1ccc(-n2c(=O)[nH]c3c(C(N)=O)nc(-c4cc(OC)ccc4OC)nc32)c(OC)c1. The fraction of sp³-hybridized carbons (Fsp3) is 0.182. The number of ether oxygens (including phenoxy) is 4. The Balaban J connectivity index is 2.07. The summed E-state index contributed by atoms with van der Waals surface area (Å²) in [5.41, 5.74) is 5.94. The summed E-state index contributed by atoms with van der Waals surface area (Å²) in [6.07, 6.45) is 0. The van der Waals surface area contributed by atoms with Gasteiger partial charge in [-0.25, -0.2) is 19.3 Å². The molecule has 170 valence electrons. The number of hydrogen-bond donors (Lipinski definition) is 2. The number of rotatable bonds is 7. The lowest BCUT2D eigenvalue weighted by molar-refractivity contribution is 0.0997. The van der Waals surface area contributed by atoms with Crippen LogP contribution in [0, 0.1) is 0 Å². The van der Waals surface area contributed by atoms with Crippen LogP contribution in [0.1, 0.15) is 10.5 Å². The summed E-state index contributed by atoms with van der Waals surface area (Å²) in [5, 5.41) is 0. The molecule has 4 aromatic rings. The highest BCUT2D eigenvalue weighted by molar-refractivity contribution is 6.02. The largest absolute Gasteiger partial charge is 0.497 e. The first-order chi connectivity index (χ1) is 15.9. The molecule has 33 heavy (non-hydrogen) atoms. The van der Waals surface area contributed by atoms with E-state index in [0.29, 0.717) is 34.2 Å². The summed E-state index contributed by atoms with van der Waals surface area (Å²) in [5.74, 6) is 1.15. The van der Waals surface area contributed by atoms with Crippen molar-refractivity contribution < 1.29 is 23.7 Å². The minimum Gasteiger partial charge on any atom is -0.497 e. The standard InChI is InChI=1S/C22H21N5O6/c1-30-11-6-8-15(32-3)13(9-11)20-24-17(19(23)28)18-21(26-20)27(22(29)25-18)14-7-5-12(31-2)10-16(14)33-4/h5-10H,1-4H3,(H2,23,28)(H,25,29). The van der Waals surface area contributed by atoms with E-state index >= 15 is 0 Å². The van der Waals surface area contributed by atoms with Crippen LogP contribution in [0.25, 0.3) is 28.2 Å². The second-order valence-corrected chi connectivity index (χ2v) is 6.83. The maximum Gasteiger partial charge on any atom is 0.332 e. The number of primary amides is 1. The van der Waals surface area contributed by atoms with Gasteiger partial charge in [0, 0.05) is 6.07 Å². The van der Waals surface area contributed by atoms with Crippen molar-refractivity contribution in [2.24, 2.45) is 5.73 Å². The van der Waals surface area contributed by atoms with Crippen molar-refractivity contribution in [3.05, 3.63) is 52.6 Å². The number of H-pyrrole nitrogens is 1. The molecule has 4 rings (SSSR count). The summed E-state index contributed by atoms with van der Waals surface area (Å²) in [4.78, 5) is 36.7. The van der Waals surface area contributed by atoms with E-state index in [-0.39, 0.29) is 22.7 Å². The number of hydrogen-bond acceptors (Lipinski definition) is 8.